The molecule has 1 N–H and O–H groups in total. The fourth-order valence-corrected chi connectivity index (χ4v) is 1.85. The largest absolute Gasteiger partial charge is 0.390 e. The number of aliphatic hydroxyl groups is 1. The molecule has 0 amide bonds. The van der Waals surface area contributed by atoms with E-state index in [1.165, 1.54) is 6.26 Å². The van der Waals surface area contributed by atoms with Gasteiger partial charge in [-0.05, 0) is 0 Å². The Morgan fingerprint density at radius 3 is 2.40 bits per heavy atom. The second-order valence-corrected chi connectivity index (χ2v) is 4.85. The molecule has 4 nitrogen and oxygen atoms in total. The third-order valence-corrected chi connectivity index (χ3v) is 2.19. The quantitative estimate of drug-likeness (QED) is 0.550. The second-order valence-electron chi connectivity index (χ2n) is 2.74. The number of hydrogen-bond donors (Lipinski definition) is 1. The minimum Gasteiger partial charge on any atom is -0.390 e. The third-order valence-electron chi connectivity index (χ3n) is 1.35. The molecule has 1 heterocycles. The summed E-state index contributed by atoms with van der Waals surface area (Å²) < 4.78 is 21.2. The van der Waals surface area contributed by atoms with Crippen molar-refractivity contribution in [3.63, 3.8) is 0 Å². The summed E-state index contributed by atoms with van der Waals surface area (Å²) in [5.74, 6) is 0.0735. The zero-order chi connectivity index (χ0) is 7.78. The molecule has 0 aromatic heterocycles. The predicted molar refractivity (Wildman–Crippen MR) is 37.3 cm³/mol. The smallest absolute Gasteiger partial charge is 0.160 e. The van der Waals surface area contributed by atoms with Gasteiger partial charge in [0.1, 0.15) is 5.88 Å². The van der Waals surface area contributed by atoms with Crippen molar-refractivity contribution >= 4 is 9.84 Å². The minimum absolute atomic E-state index is 0.0735. The standard InChI is InChI=1S/C5H11NO3S/c1-10(8,9)4-6-2-5(7)3-6/h5,7H,2-4H2,1H3. The molecule has 0 saturated carbocycles. The lowest BCUT2D eigenvalue weighted by atomic mass is 10.2. The predicted octanol–water partition coefficient (Wildman–Crippen LogP) is -1.33. The molecule has 0 aromatic carbocycles. The topological polar surface area (TPSA) is 57.6 Å². The highest BCUT2D eigenvalue weighted by molar-refractivity contribution is 7.90. The number of nitrogens with zero attached hydrogens (tertiary/aromatic N) is 1. The van der Waals surface area contributed by atoms with Crippen molar-refractivity contribution in [2.75, 3.05) is 25.2 Å². The molecule has 60 valence electrons. The molecule has 0 atom stereocenters. The van der Waals surface area contributed by atoms with E-state index in [-0.39, 0.29) is 12.0 Å². The van der Waals surface area contributed by atoms with Crippen LogP contribution in [0.5, 0.6) is 0 Å². The highest BCUT2D eigenvalue weighted by atomic mass is 32.2. The van der Waals surface area contributed by atoms with Gasteiger partial charge >= 0.3 is 0 Å². The molecule has 10 heavy (non-hydrogen) atoms. The normalized spacial score (nSPS) is 22.6. The van der Waals surface area contributed by atoms with E-state index in [0.717, 1.165) is 0 Å². The van der Waals surface area contributed by atoms with E-state index in [1.54, 1.807) is 4.90 Å². The van der Waals surface area contributed by atoms with Gasteiger partial charge in [0, 0.05) is 19.3 Å². The summed E-state index contributed by atoms with van der Waals surface area (Å²) in [6.45, 7) is 0.986. The highest BCUT2D eigenvalue weighted by Crippen LogP contribution is 2.07. The maximum absolute atomic E-state index is 10.6. The van der Waals surface area contributed by atoms with Crippen LogP contribution < -0.4 is 0 Å². The Bertz CT molecular complexity index is 205. The number of likely N-dealkylation sites (tertiary alicyclic amines) is 1. The van der Waals surface area contributed by atoms with Gasteiger partial charge in [-0.15, -0.1) is 0 Å². The van der Waals surface area contributed by atoms with Crippen molar-refractivity contribution < 1.29 is 13.5 Å². The molecule has 1 fully saturated rings. The van der Waals surface area contributed by atoms with E-state index in [4.69, 9.17) is 5.11 Å². The summed E-state index contributed by atoms with van der Waals surface area (Å²) >= 11 is 0. The third kappa shape index (κ3) is 2.24. The SMILES string of the molecule is CS(=O)(=O)CN1CC(O)C1. The number of rotatable bonds is 2. The molecule has 5 heteroatoms. The molecule has 0 unspecified atom stereocenters. The first-order valence-corrected chi connectivity index (χ1v) is 5.11. The number of β-amino-alcohol motifs (C(OH)–C–C–N with tert-alkyl or cyclic N) is 1. The van der Waals surface area contributed by atoms with Crippen molar-refractivity contribution in [1.82, 2.24) is 4.90 Å². The Kier molecular flexibility index (Phi) is 1.98. The van der Waals surface area contributed by atoms with Gasteiger partial charge in [0.05, 0.1) is 6.10 Å². The van der Waals surface area contributed by atoms with Crippen LogP contribution in [-0.2, 0) is 9.84 Å². The zero-order valence-corrected chi connectivity index (χ0v) is 6.63. The highest BCUT2D eigenvalue weighted by Gasteiger charge is 2.26. The molecule has 0 aromatic rings. The number of sulfone groups is 1. The molecular weight excluding hydrogens is 154 g/mol. The average molecular weight is 165 g/mol. The molecule has 0 aliphatic carbocycles. The van der Waals surface area contributed by atoms with Crippen LogP contribution in [0.25, 0.3) is 0 Å². The Labute approximate surface area is 60.4 Å². The van der Waals surface area contributed by atoms with E-state index in [2.05, 4.69) is 0 Å². The van der Waals surface area contributed by atoms with E-state index in [1.807, 2.05) is 0 Å². The van der Waals surface area contributed by atoms with Crippen molar-refractivity contribution in [3.8, 4) is 0 Å². The van der Waals surface area contributed by atoms with Crippen molar-refractivity contribution in [2.24, 2.45) is 0 Å². The molecule has 1 aliphatic heterocycles. The Balaban J connectivity index is 2.30. The molecule has 1 rings (SSSR count). The molecule has 1 aliphatic rings. The van der Waals surface area contributed by atoms with Crippen LogP contribution in [0, 0.1) is 0 Å². The first-order valence-electron chi connectivity index (χ1n) is 3.05. The van der Waals surface area contributed by atoms with Crippen molar-refractivity contribution in [1.29, 1.82) is 0 Å². The van der Waals surface area contributed by atoms with Crippen LogP contribution in [0.1, 0.15) is 0 Å². The van der Waals surface area contributed by atoms with Gasteiger partial charge in [-0.2, -0.15) is 0 Å². The number of hydrogen-bond acceptors (Lipinski definition) is 4. The van der Waals surface area contributed by atoms with Gasteiger partial charge in [-0.1, -0.05) is 0 Å². The lowest BCUT2D eigenvalue weighted by Gasteiger charge is -2.34. The van der Waals surface area contributed by atoms with Gasteiger partial charge in [0.25, 0.3) is 0 Å². The Hall–Kier alpha value is -0.130. The molecule has 0 radical (unpaired) electrons. The van der Waals surface area contributed by atoms with E-state index in [0.29, 0.717) is 13.1 Å². The van der Waals surface area contributed by atoms with Crippen LogP contribution in [-0.4, -0.2) is 49.8 Å². The summed E-state index contributed by atoms with van der Waals surface area (Å²) in [5.41, 5.74) is 0. The van der Waals surface area contributed by atoms with Crippen LogP contribution in [0.3, 0.4) is 0 Å². The second kappa shape index (κ2) is 2.48. The van der Waals surface area contributed by atoms with Gasteiger partial charge in [0.15, 0.2) is 9.84 Å². The lowest BCUT2D eigenvalue weighted by Crippen LogP contribution is -2.52. The lowest BCUT2D eigenvalue weighted by molar-refractivity contribution is 0.0142. The first-order chi connectivity index (χ1) is 4.47. The van der Waals surface area contributed by atoms with E-state index < -0.39 is 9.84 Å². The Morgan fingerprint density at radius 1 is 1.60 bits per heavy atom. The minimum atomic E-state index is -2.89. The molecule has 1 saturated heterocycles. The average Bonchev–Trinajstić information content (AvgIpc) is 1.57. The maximum Gasteiger partial charge on any atom is 0.160 e. The summed E-state index contributed by atoms with van der Waals surface area (Å²) in [7, 11) is -2.89. The molecule has 0 spiro atoms. The molecular formula is C5H11NO3S. The first kappa shape index (κ1) is 7.97. The van der Waals surface area contributed by atoms with Gasteiger partial charge < -0.3 is 5.11 Å². The van der Waals surface area contributed by atoms with Crippen LogP contribution in [0.2, 0.25) is 0 Å². The van der Waals surface area contributed by atoms with Gasteiger partial charge in [-0.3, -0.25) is 4.90 Å². The fraction of sp³-hybridized carbons (Fsp3) is 1.00. The summed E-state index contributed by atoms with van der Waals surface area (Å²) in [6, 6.07) is 0. The van der Waals surface area contributed by atoms with Crippen molar-refractivity contribution in [3.05, 3.63) is 0 Å². The van der Waals surface area contributed by atoms with Crippen LogP contribution in [0.15, 0.2) is 0 Å². The Morgan fingerprint density at radius 2 is 2.10 bits per heavy atom. The fourth-order valence-electron chi connectivity index (χ4n) is 0.980. The van der Waals surface area contributed by atoms with Crippen molar-refractivity contribution in [2.45, 2.75) is 6.10 Å². The van der Waals surface area contributed by atoms with E-state index in [9.17, 15) is 8.42 Å². The monoisotopic (exact) mass is 165 g/mol. The van der Waals surface area contributed by atoms with E-state index >= 15 is 0 Å². The summed E-state index contributed by atoms with van der Waals surface area (Å²) in [5, 5.41) is 8.78. The zero-order valence-electron chi connectivity index (χ0n) is 5.82. The van der Waals surface area contributed by atoms with Gasteiger partial charge in [-0.25, -0.2) is 8.42 Å². The van der Waals surface area contributed by atoms with Crippen LogP contribution in [0.4, 0.5) is 0 Å². The van der Waals surface area contributed by atoms with Gasteiger partial charge in [0.2, 0.25) is 0 Å². The number of aliphatic hydroxyl groups excluding tert-OH is 1. The molecule has 0 bridgehead atoms. The summed E-state index contributed by atoms with van der Waals surface area (Å²) in [6.07, 6.45) is 0.874. The maximum atomic E-state index is 10.6. The summed E-state index contributed by atoms with van der Waals surface area (Å²) in [4.78, 5) is 1.69. The van der Waals surface area contributed by atoms with Crippen LogP contribution >= 0.6 is 0 Å².